The number of primary amides is 1. The zero-order chi connectivity index (χ0) is 14.9. The highest BCUT2D eigenvalue weighted by molar-refractivity contribution is 5.94. The van der Waals surface area contributed by atoms with Gasteiger partial charge in [-0.3, -0.25) is 9.48 Å². The number of rotatable bonds is 4. The number of benzene rings is 1. The third-order valence-electron chi connectivity index (χ3n) is 3.45. The fourth-order valence-corrected chi connectivity index (χ4v) is 2.12. The predicted octanol–water partition coefficient (Wildman–Crippen LogP) is 1.33. The first-order valence-electron chi connectivity index (χ1n) is 6.32. The Bertz CT molecular complexity index is 660. The summed E-state index contributed by atoms with van der Waals surface area (Å²) < 4.78 is 1.84. The number of hydrogen-bond donors (Lipinski definition) is 3. The number of carbonyl (C=O) groups excluding carboxylic acids is 1. The number of carbonyl (C=O) groups is 1. The van der Waals surface area contributed by atoms with Crippen molar-refractivity contribution in [2.75, 3.05) is 11.1 Å². The first-order chi connectivity index (χ1) is 9.40. The molecule has 1 aromatic heterocycles. The van der Waals surface area contributed by atoms with Crippen LogP contribution in [0.4, 0.5) is 11.4 Å². The van der Waals surface area contributed by atoms with Crippen LogP contribution in [0.1, 0.15) is 27.3 Å². The predicted molar refractivity (Wildman–Crippen MR) is 79.4 cm³/mol. The van der Waals surface area contributed by atoms with Gasteiger partial charge in [0.15, 0.2) is 0 Å². The van der Waals surface area contributed by atoms with Crippen LogP contribution in [0.25, 0.3) is 0 Å². The second-order valence-corrected chi connectivity index (χ2v) is 4.79. The van der Waals surface area contributed by atoms with Crippen molar-refractivity contribution < 1.29 is 4.79 Å². The Balaban J connectivity index is 2.22. The second-order valence-electron chi connectivity index (χ2n) is 4.79. The van der Waals surface area contributed by atoms with Gasteiger partial charge in [-0.2, -0.15) is 5.10 Å². The minimum absolute atomic E-state index is 0.432. The maximum absolute atomic E-state index is 11.2. The molecule has 0 unspecified atom stereocenters. The van der Waals surface area contributed by atoms with Crippen molar-refractivity contribution in [1.82, 2.24) is 9.78 Å². The third-order valence-corrected chi connectivity index (χ3v) is 3.45. The molecule has 0 aliphatic carbocycles. The van der Waals surface area contributed by atoms with Gasteiger partial charge in [-0.15, -0.1) is 0 Å². The summed E-state index contributed by atoms with van der Waals surface area (Å²) in [6, 6.07) is 4.95. The van der Waals surface area contributed by atoms with Crippen LogP contribution in [0.2, 0.25) is 0 Å². The van der Waals surface area contributed by atoms with Crippen LogP contribution >= 0.6 is 0 Å². The molecule has 0 saturated heterocycles. The molecule has 6 nitrogen and oxygen atoms in total. The monoisotopic (exact) mass is 273 g/mol. The number of nitrogens with two attached hydrogens (primary N) is 2. The smallest absolute Gasteiger partial charge is 0.248 e. The first kappa shape index (κ1) is 13.9. The van der Waals surface area contributed by atoms with E-state index in [1.54, 1.807) is 18.2 Å². The Labute approximate surface area is 117 Å². The van der Waals surface area contributed by atoms with Crippen LogP contribution < -0.4 is 16.8 Å². The minimum atomic E-state index is -0.471. The molecule has 0 saturated carbocycles. The highest BCUT2D eigenvalue weighted by atomic mass is 16.1. The van der Waals surface area contributed by atoms with Gasteiger partial charge >= 0.3 is 0 Å². The zero-order valence-corrected chi connectivity index (χ0v) is 11.9. The Morgan fingerprint density at radius 1 is 1.40 bits per heavy atom. The van der Waals surface area contributed by atoms with Gasteiger partial charge in [0.05, 0.1) is 17.1 Å². The van der Waals surface area contributed by atoms with Crippen molar-refractivity contribution >= 4 is 17.3 Å². The number of amides is 1. The highest BCUT2D eigenvalue weighted by Crippen LogP contribution is 2.22. The molecule has 1 aromatic carbocycles. The van der Waals surface area contributed by atoms with Crippen LogP contribution in [0.5, 0.6) is 0 Å². The summed E-state index contributed by atoms with van der Waals surface area (Å²) in [5, 5.41) is 7.60. The van der Waals surface area contributed by atoms with Crippen LogP contribution in [-0.2, 0) is 13.6 Å². The van der Waals surface area contributed by atoms with E-state index < -0.39 is 5.91 Å². The van der Waals surface area contributed by atoms with E-state index in [-0.39, 0.29) is 0 Å². The summed E-state index contributed by atoms with van der Waals surface area (Å²) in [6.07, 6.45) is 0. The van der Waals surface area contributed by atoms with E-state index in [4.69, 9.17) is 11.5 Å². The van der Waals surface area contributed by atoms with E-state index >= 15 is 0 Å². The SMILES string of the molecule is Cc1nn(C)c(C)c1CNc1cc(C(N)=O)ccc1N. The number of hydrogen-bond acceptors (Lipinski definition) is 4. The Hall–Kier alpha value is -2.50. The molecule has 1 heterocycles. The number of anilines is 2. The molecule has 0 spiro atoms. The van der Waals surface area contributed by atoms with Crippen LogP contribution in [0.3, 0.4) is 0 Å². The van der Waals surface area contributed by atoms with Gasteiger partial charge in [0.1, 0.15) is 0 Å². The molecule has 0 atom stereocenters. The summed E-state index contributed by atoms with van der Waals surface area (Å²) >= 11 is 0. The lowest BCUT2D eigenvalue weighted by atomic mass is 10.1. The molecule has 1 amide bonds. The quantitative estimate of drug-likeness (QED) is 0.732. The van der Waals surface area contributed by atoms with Gasteiger partial charge in [-0.25, -0.2) is 0 Å². The lowest BCUT2D eigenvalue weighted by molar-refractivity contribution is 0.100. The summed E-state index contributed by atoms with van der Waals surface area (Å²) in [5.41, 5.74) is 16.1. The van der Waals surface area contributed by atoms with Crippen molar-refractivity contribution in [2.45, 2.75) is 20.4 Å². The zero-order valence-electron chi connectivity index (χ0n) is 11.9. The molecular formula is C14H19N5O. The molecular weight excluding hydrogens is 254 g/mol. The Morgan fingerprint density at radius 3 is 2.65 bits per heavy atom. The van der Waals surface area contributed by atoms with Crippen molar-refractivity contribution in [1.29, 1.82) is 0 Å². The van der Waals surface area contributed by atoms with Crippen molar-refractivity contribution in [3.8, 4) is 0 Å². The second kappa shape index (κ2) is 5.24. The van der Waals surface area contributed by atoms with Gasteiger partial charge in [0, 0.05) is 30.4 Å². The fraction of sp³-hybridized carbons (Fsp3) is 0.286. The number of aryl methyl sites for hydroxylation is 2. The Morgan fingerprint density at radius 2 is 2.10 bits per heavy atom. The summed E-state index contributed by atoms with van der Waals surface area (Å²) in [7, 11) is 1.91. The molecule has 0 aliphatic heterocycles. The average molecular weight is 273 g/mol. The number of nitrogens with zero attached hydrogens (tertiary/aromatic N) is 2. The maximum atomic E-state index is 11.2. The molecule has 106 valence electrons. The molecule has 2 aromatic rings. The molecule has 2 rings (SSSR count). The number of nitrogens with one attached hydrogen (secondary N) is 1. The number of nitrogen functional groups attached to an aromatic ring is 1. The summed E-state index contributed by atoms with van der Waals surface area (Å²) in [6.45, 7) is 4.57. The van der Waals surface area contributed by atoms with Gasteiger partial charge in [0.25, 0.3) is 0 Å². The molecule has 0 radical (unpaired) electrons. The van der Waals surface area contributed by atoms with Crippen molar-refractivity contribution in [3.63, 3.8) is 0 Å². The van der Waals surface area contributed by atoms with E-state index in [1.807, 2.05) is 25.6 Å². The van der Waals surface area contributed by atoms with Crippen LogP contribution in [0.15, 0.2) is 18.2 Å². The Kier molecular flexibility index (Phi) is 3.65. The van der Waals surface area contributed by atoms with Gasteiger partial charge in [0.2, 0.25) is 5.91 Å². The highest BCUT2D eigenvalue weighted by Gasteiger charge is 2.10. The van der Waals surface area contributed by atoms with Crippen LogP contribution in [-0.4, -0.2) is 15.7 Å². The fourth-order valence-electron chi connectivity index (χ4n) is 2.12. The van der Waals surface area contributed by atoms with E-state index in [1.165, 1.54) is 0 Å². The van der Waals surface area contributed by atoms with Gasteiger partial charge in [-0.1, -0.05) is 0 Å². The number of aromatic nitrogens is 2. The maximum Gasteiger partial charge on any atom is 0.248 e. The third kappa shape index (κ3) is 2.59. The lowest BCUT2D eigenvalue weighted by Gasteiger charge is -2.11. The molecule has 20 heavy (non-hydrogen) atoms. The largest absolute Gasteiger partial charge is 0.397 e. The van der Waals surface area contributed by atoms with Gasteiger partial charge < -0.3 is 16.8 Å². The van der Waals surface area contributed by atoms with Crippen molar-refractivity contribution in [2.24, 2.45) is 12.8 Å². The molecule has 5 N–H and O–H groups in total. The molecule has 0 bridgehead atoms. The lowest BCUT2D eigenvalue weighted by Crippen LogP contribution is -2.12. The average Bonchev–Trinajstić information content (AvgIpc) is 2.63. The van der Waals surface area contributed by atoms with Gasteiger partial charge in [-0.05, 0) is 32.0 Å². The first-order valence-corrected chi connectivity index (χ1v) is 6.32. The molecule has 6 heteroatoms. The standard InChI is InChI=1S/C14H19N5O/c1-8-11(9(2)19(3)18-8)7-17-13-6-10(14(16)20)4-5-12(13)15/h4-6,17H,7,15H2,1-3H3,(H2,16,20). The van der Waals surface area contributed by atoms with E-state index in [9.17, 15) is 4.79 Å². The molecule has 0 fully saturated rings. The topological polar surface area (TPSA) is 99.0 Å². The summed E-state index contributed by atoms with van der Waals surface area (Å²) in [5.74, 6) is -0.471. The minimum Gasteiger partial charge on any atom is -0.397 e. The van der Waals surface area contributed by atoms with Crippen molar-refractivity contribution in [3.05, 3.63) is 40.7 Å². The normalized spacial score (nSPS) is 10.6. The van der Waals surface area contributed by atoms with E-state index in [0.717, 1.165) is 17.0 Å². The van der Waals surface area contributed by atoms with Crippen LogP contribution in [0, 0.1) is 13.8 Å². The summed E-state index contributed by atoms with van der Waals surface area (Å²) in [4.78, 5) is 11.2. The van der Waals surface area contributed by atoms with E-state index in [2.05, 4.69) is 10.4 Å². The van der Waals surface area contributed by atoms with E-state index in [0.29, 0.717) is 23.5 Å². The molecule has 0 aliphatic rings.